The quantitative estimate of drug-likeness (QED) is 0.160. The molecule has 0 spiro atoms. The standard InChI is InChI=1S/C71H53F3N4/c1-40-19-41(2)24-54(23-40)50-10-15-58-59-16-11-51(55-25-42(3)20-43(4)26-55)35-65(59)77(64(58)34-50)68-32-49(39-76)33-69(70(68)62-14-9-48(38-75)31-63(62)71(72,73)74)78-66-36-52(56-27-44(5)21-45(6)28-56)12-17-60(66)61-18-13-53(37-67(61)78)57-29-46(7)22-47(8)30-57/h9-37H,1-8H3. The summed E-state index contributed by atoms with van der Waals surface area (Å²) in [5, 5.41) is 25.1. The normalized spacial score (nSPS) is 11.8. The Morgan fingerprint density at radius 2 is 0.615 bits per heavy atom. The van der Waals surface area contributed by atoms with Crippen LogP contribution in [0.1, 0.15) is 61.2 Å². The Balaban J connectivity index is 1.29. The van der Waals surface area contributed by atoms with Gasteiger partial charge >= 0.3 is 6.18 Å². The lowest BCUT2D eigenvalue weighted by atomic mass is 9.92. The Labute approximate surface area is 452 Å². The average Bonchev–Trinajstić information content (AvgIpc) is 4.12. The molecule has 0 saturated carbocycles. The molecule has 378 valence electrons. The molecule has 0 atom stereocenters. The lowest BCUT2D eigenvalue weighted by Crippen LogP contribution is -2.11. The second-order valence-corrected chi connectivity index (χ2v) is 21.5. The Morgan fingerprint density at radius 3 is 0.885 bits per heavy atom. The zero-order valence-corrected chi connectivity index (χ0v) is 44.7. The maximum absolute atomic E-state index is 16.2. The Bertz CT molecular complexity index is 4060. The smallest absolute Gasteiger partial charge is 0.308 e. The highest BCUT2D eigenvalue weighted by molar-refractivity contribution is 6.14. The minimum absolute atomic E-state index is 0.121. The van der Waals surface area contributed by atoms with Crippen molar-refractivity contribution in [1.29, 1.82) is 10.5 Å². The number of alkyl halides is 3. The molecule has 0 radical (unpaired) electrons. The Morgan fingerprint density at radius 1 is 0.321 bits per heavy atom. The average molecular weight is 1020 g/mol. The van der Waals surface area contributed by atoms with Gasteiger partial charge in [-0.15, -0.1) is 0 Å². The fourth-order valence-electron chi connectivity index (χ4n) is 12.2. The van der Waals surface area contributed by atoms with Crippen molar-refractivity contribution in [1.82, 2.24) is 9.13 Å². The molecule has 7 heteroatoms. The van der Waals surface area contributed by atoms with Crippen molar-refractivity contribution >= 4 is 43.6 Å². The highest BCUT2D eigenvalue weighted by Crippen LogP contribution is 2.48. The highest BCUT2D eigenvalue weighted by atomic mass is 19.4. The minimum Gasteiger partial charge on any atom is -0.308 e. The summed E-state index contributed by atoms with van der Waals surface area (Å²) in [6.45, 7) is 16.6. The molecule has 2 heterocycles. The molecule has 0 unspecified atom stereocenters. The summed E-state index contributed by atoms with van der Waals surface area (Å²) in [4.78, 5) is 0. The summed E-state index contributed by atoms with van der Waals surface area (Å²) in [6, 6.07) is 62.8. The van der Waals surface area contributed by atoms with E-state index in [1.807, 2.05) is 6.07 Å². The van der Waals surface area contributed by atoms with E-state index in [9.17, 15) is 10.5 Å². The molecule has 0 fully saturated rings. The predicted octanol–water partition coefficient (Wildman–Crippen LogP) is 19.4. The fraction of sp³-hybridized carbons (Fsp3) is 0.127. The van der Waals surface area contributed by atoms with Crippen LogP contribution in [0, 0.1) is 78.1 Å². The summed E-state index contributed by atoms with van der Waals surface area (Å²) in [5.41, 5.74) is 19.6. The molecule has 0 saturated heterocycles. The van der Waals surface area contributed by atoms with Gasteiger partial charge in [-0.2, -0.15) is 23.7 Å². The van der Waals surface area contributed by atoms with E-state index in [-0.39, 0.29) is 22.3 Å². The third-order valence-corrected chi connectivity index (χ3v) is 15.2. The van der Waals surface area contributed by atoms with Crippen molar-refractivity contribution in [2.75, 3.05) is 0 Å². The number of hydrogen-bond acceptors (Lipinski definition) is 2. The summed E-state index contributed by atoms with van der Waals surface area (Å²) in [5.74, 6) is 0. The van der Waals surface area contributed by atoms with Crippen LogP contribution in [-0.2, 0) is 6.18 Å². The second kappa shape index (κ2) is 18.7. The summed E-state index contributed by atoms with van der Waals surface area (Å²) < 4.78 is 52.7. The largest absolute Gasteiger partial charge is 0.417 e. The van der Waals surface area contributed by atoms with E-state index in [4.69, 9.17) is 0 Å². The van der Waals surface area contributed by atoms with Crippen LogP contribution in [-0.4, -0.2) is 9.13 Å². The Kier molecular flexibility index (Phi) is 11.8. The van der Waals surface area contributed by atoms with E-state index in [0.29, 0.717) is 11.4 Å². The van der Waals surface area contributed by atoms with Gasteiger partial charge in [-0.1, -0.05) is 172 Å². The molecule has 12 aromatic rings. The molecule has 0 N–H and O–H groups in total. The van der Waals surface area contributed by atoms with Crippen molar-refractivity contribution in [2.45, 2.75) is 61.6 Å². The van der Waals surface area contributed by atoms with Gasteiger partial charge in [0.05, 0.1) is 62.3 Å². The van der Waals surface area contributed by atoms with Crippen molar-refractivity contribution in [3.05, 3.63) is 237 Å². The first kappa shape index (κ1) is 49.4. The molecule has 0 aliphatic carbocycles. The van der Waals surface area contributed by atoms with Crippen LogP contribution in [0.5, 0.6) is 0 Å². The van der Waals surface area contributed by atoms with E-state index in [0.717, 1.165) is 139 Å². The summed E-state index contributed by atoms with van der Waals surface area (Å²) in [7, 11) is 0. The molecular weight excluding hydrogens is 966 g/mol. The van der Waals surface area contributed by atoms with E-state index < -0.39 is 11.7 Å². The van der Waals surface area contributed by atoms with Crippen molar-refractivity contribution in [3.63, 3.8) is 0 Å². The lowest BCUT2D eigenvalue weighted by Gasteiger charge is -2.23. The third kappa shape index (κ3) is 8.68. The van der Waals surface area contributed by atoms with E-state index in [2.05, 4.69) is 216 Å². The van der Waals surface area contributed by atoms with Gasteiger partial charge in [-0.05, 0) is 154 Å². The third-order valence-electron chi connectivity index (χ3n) is 15.2. The number of nitrogens with zero attached hydrogens (tertiary/aromatic N) is 4. The molecule has 78 heavy (non-hydrogen) atoms. The predicted molar refractivity (Wildman–Crippen MR) is 315 cm³/mol. The van der Waals surface area contributed by atoms with Crippen LogP contribution in [0.4, 0.5) is 13.2 Å². The first-order valence-electron chi connectivity index (χ1n) is 26.1. The first-order valence-corrected chi connectivity index (χ1v) is 26.1. The maximum Gasteiger partial charge on any atom is 0.417 e. The summed E-state index contributed by atoms with van der Waals surface area (Å²) in [6.07, 6.45) is -4.90. The van der Waals surface area contributed by atoms with Crippen LogP contribution in [0.15, 0.2) is 176 Å². The van der Waals surface area contributed by atoms with Crippen LogP contribution >= 0.6 is 0 Å². The highest BCUT2D eigenvalue weighted by Gasteiger charge is 2.36. The number of aryl methyl sites for hydroxylation is 8. The summed E-state index contributed by atoms with van der Waals surface area (Å²) >= 11 is 0. The zero-order chi connectivity index (χ0) is 54.5. The number of fused-ring (bicyclic) bond motifs is 6. The Hall–Kier alpha value is -9.43. The van der Waals surface area contributed by atoms with Crippen molar-refractivity contribution < 1.29 is 13.2 Å². The molecular formula is C71H53F3N4. The van der Waals surface area contributed by atoms with Gasteiger partial charge < -0.3 is 9.13 Å². The molecule has 0 aliphatic rings. The van der Waals surface area contributed by atoms with Gasteiger partial charge in [0, 0.05) is 27.1 Å². The van der Waals surface area contributed by atoms with Crippen LogP contribution < -0.4 is 0 Å². The molecule has 0 bridgehead atoms. The van der Waals surface area contributed by atoms with Crippen LogP contribution in [0.2, 0.25) is 0 Å². The van der Waals surface area contributed by atoms with Gasteiger partial charge in [0.15, 0.2) is 0 Å². The SMILES string of the molecule is Cc1cc(C)cc(-c2ccc3c4ccc(-c5cc(C)cc(C)c5)cc4n(-c4cc(C#N)cc(-n5c6cc(-c7cc(C)cc(C)c7)ccc6c6ccc(-c7cc(C)cc(C)c7)cc65)c4-c4ccc(C#N)cc4C(F)(F)F)c3c2)c1. The number of rotatable bonds is 7. The molecule has 12 rings (SSSR count). The molecule has 2 aromatic heterocycles. The van der Waals surface area contributed by atoms with Gasteiger partial charge in [0.25, 0.3) is 0 Å². The molecule has 10 aromatic carbocycles. The number of aromatic nitrogens is 2. The van der Waals surface area contributed by atoms with Crippen molar-refractivity contribution in [2.24, 2.45) is 0 Å². The monoisotopic (exact) mass is 1020 g/mol. The van der Waals surface area contributed by atoms with E-state index in [1.165, 1.54) is 12.1 Å². The van der Waals surface area contributed by atoms with Gasteiger partial charge in [0.2, 0.25) is 0 Å². The van der Waals surface area contributed by atoms with E-state index in [1.54, 1.807) is 12.1 Å². The van der Waals surface area contributed by atoms with Crippen molar-refractivity contribution in [3.8, 4) is 79.1 Å². The number of halogens is 3. The molecule has 0 aliphatic heterocycles. The number of nitriles is 2. The number of benzene rings is 10. The number of hydrogen-bond donors (Lipinski definition) is 0. The lowest BCUT2D eigenvalue weighted by molar-refractivity contribution is -0.137. The second-order valence-electron chi connectivity index (χ2n) is 21.5. The van der Waals surface area contributed by atoms with Crippen LogP contribution in [0.3, 0.4) is 0 Å². The van der Waals surface area contributed by atoms with Gasteiger partial charge in [-0.3, -0.25) is 0 Å². The van der Waals surface area contributed by atoms with Crippen LogP contribution in [0.25, 0.3) is 111 Å². The minimum atomic E-state index is -4.90. The zero-order valence-electron chi connectivity index (χ0n) is 44.7. The topological polar surface area (TPSA) is 57.4 Å². The molecule has 4 nitrogen and oxygen atoms in total. The molecule has 0 amide bonds. The fourth-order valence-corrected chi connectivity index (χ4v) is 12.2. The first-order chi connectivity index (χ1) is 37.4. The van der Waals surface area contributed by atoms with Gasteiger partial charge in [0.1, 0.15) is 0 Å². The van der Waals surface area contributed by atoms with E-state index >= 15 is 13.2 Å². The maximum atomic E-state index is 16.2. The van der Waals surface area contributed by atoms with Gasteiger partial charge in [-0.25, -0.2) is 0 Å².